The number of nitrogens with zero attached hydrogens (tertiary/aromatic N) is 4. The zero-order chi connectivity index (χ0) is 34.3. The molecule has 0 unspecified atom stereocenters. The zero-order valence-corrected chi connectivity index (χ0v) is 27.4. The molecule has 0 spiro atoms. The number of thioether (sulfide) groups is 2. The van der Waals surface area contributed by atoms with Gasteiger partial charge in [0.25, 0.3) is 11.1 Å². The molecule has 49 heavy (non-hydrogen) atoms. The fourth-order valence-corrected chi connectivity index (χ4v) is 6.67. The minimum absolute atomic E-state index is 0.0585. The Labute approximate surface area is 286 Å². The Kier molecular flexibility index (Phi) is 10.4. The molecule has 2 amide bonds. The van der Waals surface area contributed by atoms with Crippen LogP contribution in [0.2, 0.25) is 0 Å². The second-order valence-corrected chi connectivity index (χ2v) is 12.7. The molecule has 2 heterocycles. The lowest BCUT2D eigenvalue weighted by Crippen LogP contribution is -2.27. The van der Waals surface area contributed by atoms with Gasteiger partial charge in [-0.15, -0.1) is 0 Å². The van der Waals surface area contributed by atoms with Gasteiger partial charge in [-0.3, -0.25) is 28.3 Å². The molecule has 2 N–H and O–H groups in total. The van der Waals surface area contributed by atoms with Crippen molar-refractivity contribution in [2.75, 3.05) is 22.1 Å². The van der Waals surface area contributed by atoms with E-state index in [9.17, 15) is 28.0 Å². The van der Waals surface area contributed by atoms with E-state index in [1.807, 2.05) is 0 Å². The lowest BCUT2D eigenvalue weighted by Gasteiger charge is -2.16. The van der Waals surface area contributed by atoms with Crippen molar-refractivity contribution in [3.8, 4) is 0 Å². The van der Waals surface area contributed by atoms with E-state index in [4.69, 9.17) is 0 Å². The van der Waals surface area contributed by atoms with Crippen molar-refractivity contribution in [2.45, 2.75) is 29.8 Å². The lowest BCUT2D eigenvalue weighted by atomic mass is 10.2. The second-order valence-electron chi connectivity index (χ2n) is 10.8. The molecule has 0 radical (unpaired) electrons. The summed E-state index contributed by atoms with van der Waals surface area (Å²) in [7, 11) is 0. The van der Waals surface area contributed by atoms with Gasteiger partial charge in [-0.25, -0.2) is 18.7 Å². The summed E-state index contributed by atoms with van der Waals surface area (Å²) >= 11 is 2.18. The summed E-state index contributed by atoms with van der Waals surface area (Å²) in [4.78, 5) is 62.0. The Morgan fingerprint density at radius 2 is 0.980 bits per heavy atom. The molecule has 6 rings (SSSR count). The Balaban J connectivity index is 1.21. The number of carbonyl (C=O) groups excluding carboxylic acids is 2. The highest BCUT2D eigenvalue weighted by atomic mass is 32.2. The molecular formula is C35H28F2N6O4S2. The number of fused-ring (bicyclic) bond motifs is 2. The molecular weight excluding hydrogens is 671 g/mol. The monoisotopic (exact) mass is 698 g/mol. The maximum Gasteiger partial charge on any atom is 0.262 e. The van der Waals surface area contributed by atoms with Crippen LogP contribution in [-0.4, -0.2) is 42.4 Å². The molecule has 14 heteroatoms. The molecule has 0 bridgehead atoms. The van der Waals surface area contributed by atoms with Gasteiger partial charge in [0.05, 0.1) is 33.3 Å². The molecule has 0 aliphatic heterocycles. The van der Waals surface area contributed by atoms with Gasteiger partial charge < -0.3 is 10.6 Å². The standard InChI is InChI=1S/C35H28F2N6O4S2/c36-22-10-14-24(15-11-22)38-30(44)20-48-34-40-28-8-3-1-6-26(28)32(46)42(34)18-5-19-43-33(47)27-7-2-4-9-29(27)41-35(43)49-21-31(45)39-25-16-12-23(37)13-17-25/h1-4,6-17H,5,18-21H2,(H,38,44)(H,39,45). The predicted octanol–water partition coefficient (Wildman–Crippen LogP) is 5.94. The maximum absolute atomic E-state index is 13.6. The van der Waals surface area contributed by atoms with Gasteiger partial charge in [0, 0.05) is 24.5 Å². The number of aromatic nitrogens is 4. The van der Waals surface area contributed by atoms with Crippen molar-refractivity contribution in [3.63, 3.8) is 0 Å². The molecule has 0 fully saturated rings. The van der Waals surface area contributed by atoms with Crippen LogP contribution in [0.1, 0.15) is 6.42 Å². The fourth-order valence-electron chi connectivity index (χ4n) is 5.02. The number of hydrogen-bond acceptors (Lipinski definition) is 8. The number of hydrogen-bond donors (Lipinski definition) is 2. The molecule has 6 aromatic rings. The topological polar surface area (TPSA) is 128 Å². The minimum Gasteiger partial charge on any atom is -0.325 e. The Morgan fingerprint density at radius 1 is 0.592 bits per heavy atom. The van der Waals surface area contributed by atoms with E-state index in [-0.39, 0.29) is 47.5 Å². The smallest absolute Gasteiger partial charge is 0.262 e. The van der Waals surface area contributed by atoms with E-state index in [2.05, 4.69) is 20.6 Å². The van der Waals surface area contributed by atoms with Gasteiger partial charge in [-0.1, -0.05) is 47.8 Å². The summed E-state index contributed by atoms with van der Waals surface area (Å²) < 4.78 is 29.5. The van der Waals surface area contributed by atoms with E-state index in [0.29, 0.717) is 49.9 Å². The predicted molar refractivity (Wildman–Crippen MR) is 188 cm³/mol. The van der Waals surface area contributed by atoms with Crippen LogP contribution in [0.3, 0.4) is 0 Å². The summed E-state index contributed by atoms with van der Waals surface area (Å²) in [5.74, 6) is -1.67. The Morgan fingerprint density at radius 3 is 1.39 bits per heavy atom. The van der Waals surface area contributed by atoms with Crippen molar-refractivity contribution in [3.05, 3.63) is 129 Å². The normalized spacial score (nSPS) is 11.1. The number of carbonyl (C=O) groups is 2. The van der Waals surface area contributed by atoms with E-state index < -0.39 is 11.6 Å². The van der Waals surface area contributed by atoms with Crippen molar-refractivity contribution >= 4 is 68.5 Å². The molecule has 4 aromatic carbocycles. The highest BCUT2D eigenvalue weighted by molar-refractivity contribution is 8.00. The maximum atomic E-state index is 13.6. The molecule has 0 atom stereocenters. The van der Waals surface area contributed by atoms with Gasteiger partial charge in [-0.2, -0.15) is 0 Å². The third-order valence-corrected chi connectivity index (χ3v) is 9.29. The zero-order valence-electron chi connectivity index (χ0n) is 25.8. The number of rotatable bonds is 12. The van der Waals surface area contributed by atoms with E-state index in [0.717, 1.165) is 23.5 Å². The SMILES string of the molecule is O=C(CSc1nc2ccccc2c(=O)n1CCCn1c(SCC(=O)Nc2ccc(F)cc2)nc2ccccc2c1=O)Nc1ccc(F)cc1. The van der Waals surface area contributed by atoms with Crippen molar-refractivity contribution in [2.24, 2.45) is 0 Å². The summed E-state index contributed by atoms with van der Waals surface area (Å²) in [6, 6.07) is 24.6. The molecule has 0 saturated carbocycles. The lowest BCUT2D eigenvalue weighted by molar-refractivity contribution is -0.114. The summed E-state index contributed by atoms with van der Waals surface area (Å²) in [6.07, 6.45) is 0.324. The van der Waals surface area contributed by atoms with Crippen LogP contribution in [-0.2, 0) is 22.7 Å². The van der Waals surface area contributed by atoms with Crippen molar-refractivity contribution < 1.29 is 18.4 Å². The molecule has 0 aliphatic carbocycles. The first-order valence-corrected chi connectivity index (χ1v) is 17.1. The number of amides is 2. The van der Waals surface area contributed by atoms with Crippen LogP contribution in [0.25, 0.3) is 21.8 Å². The number of benzene rings is 4. The average Bonchev–Trinajstić information content (AvgIpc) is 3.10. The van der Waals surface area contributed by atoms with E-state index in [1.54, 1.807) is 48.5 Å². The van der Waals surface area contributed by atoms with E-state index in [1.165, 1.54) is 57.7 Å². The third-order valence-electron chi connectivity index (χ3n) is 7.34. The summed E-state index contributed by atoms with van der Waals surface area (Å²) in [5, 5.41) is 6.89. The van der Waals surface area contributed by atoms with Crippen LogP contribution in [0.15, 0.2) is 117 Å². The van der Waals surface area contributed by atoms with Crippen LogP contribution in [0, 0.1) is 11.6 Å². The number of para-hydroxylation sites is 2. The minimum atomic E-state index is -0.420. The first kappa shape index (κ1) is 33.6. The molecule has 248 valence electrons. The third kappa shape index (κ3) is 8.21. The second kappa shape index (κ2) is 15.3. The first-order valence-electron chi connectivity index (χ1n) is 15.1. The summed E-state index contributed by atoms with van der Waals surface area (Å²) in [5.41, 5.74) is 1.26. The van der Waals surface area contributed by atoms with Gasteiger partial charge in [-0.05, 0) is 79.2 Å². The Bertz CT molecular complexity index is 2120. The fraction of sp³-hybridized carbons (Fsp3) is 0.143. The largest absolute Gasteiger partial charge is 0.325 e. The first-order chi connectivity index (χ1) is 23.7. The van der Waals surface area contributed by atoms with E-state index >= 15 is 0 Å². The van der Waals surface area contributed by atoms with Gasteiger partial charge in [0.2, 0.25) is 11.8 Å². The number of halogens is 2. The molecule has 2 aromatic heterocycles. The Hall–Kier alpha value is -5.34. The van der Waals surface area contributed by atoms with Gasteiger partial charge in [0.15, 0.2) is 10.3 Å². The van der Waals surface area contributed by atoms with Crippen LogP contribution in [0.4, 0.5) is 20.2 Å². The highest BCUT2D eigenvalue weighted by Crippen LogP contribution is 2.21. The highest BCUT2D eigenvalue weighted by Gasteiger charge is 2.17. The van der Waals surface area contributed by atoms with Crippen LogP contribution < -0.4 is 21.8 Å². The average molecular weight is 699 g/mol. The van der Waals surface area contributed by atoms with Gasteiger partial charge >= 0.3 is 0 Å². The van der Waals surface area contributed by atoms with Gasteiger partial charge in [0.1, 0.15) is 11.6 Å². The quantitative estimate of drug-likeness (QED) is 0.119. The van der Waals surface area contributed by atoms with Crippen molar-refractivity contribution in [1.82, 2.24) is 19.1 Å². The number of anilines is 2. The molecule has 0 saturated heterocycles. The number of nitrogens with one attached hydrogen (secondary N) is 2. The summed E-state index contributed by atoms with van der Waals surface area (Å²) in [6.45, 7) is 0.347. The molecule has 0 aliphatic rings. The van der Waals surface area contributed by atoms with Crippen LogP contribution >= 0.6 is 23.5 Å². The molecule has 10 nitrogen and oxygen atoms in total. The van der Waals surface area contributed by atoms with Crippen LogP contribution in [0.5, 0.6) is 0 Å². The van der Waals surface area contributed by atoms with Crippen molar-refractivity contribution in [1.29, 1.82) is 0 Å².